The number of H-pyrrole nitrogens is 1. The van der Waals surface area contributed by atoms with Gasteiger partial charge in [0.05, 0.1) is 52.0 Å². The molecule has 17 nitrogen and oxygen atoms in total. The Hall–Kier alpha value is -5.95. The van der Waals surface area contributed by atoms with Gasteiger partial charge in [-0.2, -0.15) is 4.98 Å². The molecule has 12 rings (SSSR count). The van der Waals surface area contributed by atoms with E-state index >= 15 is 0 Å². The van der Waals surface area contributed by atoms with Crippen LogP contribution in [0.25, 0.3) is 11.0 Å². The highest BCUT2D eigenvalue weighted by molar-refractivity contribution is 7.90. The number of likely N-dealkylation sites (tertiary alicyclic amines) is 1. The molecule has 1 spiro atoms. The van der Waals surface area contributed by atoms with Gasteiger partial charge >= 0.3 is 0 Å². The van der Waals surface area contributed by atoms with Gasteiger partial charge in [-0.1, -0.05) is 38.1 Å². The molecular formula is C54H64N8O9S. The number of nitrogens with one attached hydrogen (secondary N) is 3. The number of sulfonamides is 1. The van der Waals surface area contributed by atoms with Crippen LogP contribution in [0.1, 0.15) is 118 Å². The lowest BCUT2D eigenvalue weighted by atomic mass is 9.59. The number of pyridine rings is 1. The van der Waals surface area contributed by atoms with Gasteiger partial charge in [-0.25, -0.2) is 13.1 Å². The lowest BCUT2D eigenvalue weighted by Crippen LogP contribution is -2.55. The maximum atomic E-state index is 14.8. The minimum absolute atomic E-state index is 0.00952. The molecule has 7 heterocycles. The number of fused-ring (bicyclic) bond motifs is 4. The average molecular weight is 1000 g/mol. The molecule has 2 aliphatic carbocycles. The van der Waals surface area contributed by atoms with Crippen molar-refractivity contribution in [1.82, 2.24) is 19.6 Å². The summed E-state index contributed by atoms with van der Waals surface area (Å²) in [5.74, 6) is 0.0517. The number of aromatic nitrogens is 2. The molecule has 2 saturated carbocycles. The standard InChI is InChI=1S/C54H64N8O9S/c1-32(2)38-7-4-5-8-39(38)42-9-6-20-60(42)36-27-54(28-36)17-21-59(22-18-54)35-10-11-40(43(24-35)61-45-23-34-14-19-55-50(34)57-52(45)71-48-31-69-30-46(48)61)51(63)58-72(67,68)37-25-44(62(65)66)49-47(26-37)70-29-41(56-49)33-12-15-53(3,64)16-13-33/h4-5,7-8,10-11,14,19,23-26,32-33,36,41-42,46,48,56,64H,6,9,12-13,15-18,20-22,27-31H2,1-3H3,(H,55,57)(H,58,63)/t33?,41-,42+,46-,48-,53?/m1/s1. The molecule has 72 heavy (non-hydrogen) atoms. The number of piperidine rings is 1. The first kappa shape index (κ1) is 47.1. The Labute approximate surface area is 419 Å². The van der Waals surface area contributed by atoms with E-state index in [0.29, 0.717) is 79.8 Å². The predicted molar refractivity (Wildman–Crippen MR) is 273 cm³/mol. The fraction of sp³-hybridized carbons (Fsp3) is 0.519. The van der Waals surface area contributed by atoms with Crippen molar-refractivity contribution in [2.24, 2.45) is 11.3 Å². The summed E-state index contributed by atoms with van der Waals surface area (Å²) in [5.41, 5.74) is 4.80. The fourth-order valence-corrected chi connectivity index (χ4v) is 14.2. The highest BCUT2D eigenvalue weighted by atomic mass is 32.2. The first-order valence-corrected chi connectivity index (χ1v) is 27.4. The van der Waals surface area contributed by atoms with Crippen molar-refractivity contribution in [1.29, 1.82) is 0 Å². The summed E-state index contributed by atoms with van der Waals surface area (Å²) in [6.45, 7) is 9.97. The van der Waals surface area contributed by atoms with Crippen LogP contribution in [-0.2, 0) is 14.8 Å². The summed E-state index contributed by atoms with van der Waals surface area (Å²) < 4.78 is 49.5. The Bertz CT molecular complexity index is 3040. The summed E-state index contributed by atoms with van der Waals surface area (Å²) in [6, 6.07) is 21.0. The molecule has 7 aliphatic rings. The van der Waals surface area contributed by atoms with Gasteiger partial charge in [0.25, 0.3) is 21.6 Å². The Morgan fingerprint density at radius 3 is 2.53 bits per heavy atom. The normalized spacial score (nSPS) is 27.1. The van der Waals surface area contributed by atoms with Gasteiger partial charge in [-0.15, -0.1) is 0 Å². The third-order valence-electron chi connectivity index (χ3n) is 17.3. The van der Waals surface area contributed by atoms with E-state index in [1.807, 2.05) is 36.1 Å². The summed E-state index contributed by atoms with van der Waals surface area (Å²) in [4.78, 5) is 41.4. The molecular weight excluding hydrogens is 937 g/mol. The van der Waals surface area contributed by atoms with E-state index in [9.17, 15) is 28.4 Å². The van der Waals surface area contributed by atoms with Gasteiger partial charge in [0, 0.05) is 54.6 Å². The van der Waals surface area contributed by atoms with E-state index in [-0.39, 0.29) is 47.0 Å². The summed E-state index contributed by atoms with van der Waals surface area (Å²) >= 11 is 0. The van der Waals surface area contributed by atoms with Crippen LogP contribution in [0.15, 0.2) is 77.8 Å². The molecule has 0 bridgehead atoms. The lowest BCUT2D eigenvalue weighted by molar-refractivity contribution is -0.384. The molecule has 0 unspecified atom stereocenters. The van der Waals surface area contributed by atoms with Crippen LogP contribution < -0.4 is 29.3 Å². The lowest BCUT2D eigenvalue weighted by Gasteiger charge is -2.56. The molecule has 5 fully saturated rings. The minimum Gasteiger partial charge on any atom is -0.489 e. The van der Waals surface area contributed by atoms with Crippen LogP contribution in [0, 0.1) is 21.4 Å². The van der Waals surface area contributed by atoms with Crippen molar-refractivity contribution in [2.75, 3.05) is 54.6 Å². The number of hydrogen-bond donors (Lipinski definition) is 4. The zero-order valence-electron chi connectivity index (χ0n) is 41.1. The SMILES string of the molecule is CC(C)c1ccccc1[C@@H]1CCCN1C1CC2(CCN(c3ccc(C(=O)NS(=O)(=O)c4cc5c(c([N+](=O)[O-])c4)N[C@@H](C4CCC(C)(O)CC4)CO5)c(N4c5cc6cc[nH]c6nc5O[C@@H]5COC[C@H]54)c3)CC2)C1. The van der Waals surface area contributed by atoms with E-state index in [0.717, 1.165) is 49.6 Å². The summed E-state index contributed by atoms with van der Waals surface area (Å²) in [5, 5.41) is 27.2. The molecule has 4 N–H and O–H groups in total. The predicted octanol–water partition coefficient (Wildman–Crippen LogP) is 8.71. The van der Waals surface area contributed by atoms with Gasteiger partial charge in [0.1, 0.15) is 24.0 Å². The van der Waals surface area contributed by atoms with Gasteiger partial charge in [-0.3, -0.25) is 19.8 Å². The summed E-state index contributed by atoms with van der Waals surface area (Å²) in [7, 11) is -4.71. The average Bonchev–Trinajstić information content (AvgIpc) is 4.15. The van der Waals surface area contributed by atoms with Crippen molar-refractivity contribution >= 4 is 55.4 Å². The molecule has 380 valence electrons. The largest absolute Gasteiger partial charge is 0.489 e. The maximum Gasteiger partial charge on any atom is 0.297 e. The van der Waals surface area contributed by atoms with Gasteiger partial charge in [0.2, 0.25) is 5.88 Å². The second-order valence-corrected chi connectivity index (χ2v) is 23.9. The number of nitro groups is 1. The quantitative estimate of drug-likeness (QED) is 0.0764. The molecule has 1 amide bonds. The van der Waals surface area contributed by atoms with E-state index in [1.54, 1.807) is 12.3 Å². The third-order valence-corrected chi connectivity index (χ3v) is 18.6. The van der Waals surface area contributed by atoms with Crippen LogP contribution in [0.2, 0.25) is 0 Å². The van der Waals surface area contributed by atoms with Crippen molar-refractivity contribution in [3.63, 3.8) is 0 Å². The number of benzene rings is 3. The number of aromatic amines is 1. The number of nitrogens with zero attached hydrogens (tertiary/aromatic N) is 5. The Morgan fingerprint density at radius 2 is 1.75 bits per heavy atom. The van der Waals surface area contributed by atoms with E-state index in [2.05, 4.69) is 62.9 Å². The van der Waals surface area contributed by atoms with Gasteiger partial charge in [0.15, 0.2) is 11.4 Å². The topological polar surface area (TPSA) is 205 Å². The minimum atomic E-state index is -4.71. The molecule has 5 aliphatic heterocycles. The maximum absolute atomic E-state index is 14.8. The molecule has 3 aromatic carbocycles. The number of ether oxygens (including phenoxy) is 3. The molecule has 3 saturated heterocycles. The second kappa shape index (κ2) is 17.9. The zero-order chi connectivity index (χ0) is 49.7. The molecule has 2 aromatic heterocycles. The van der Waals surface area contributed by atoms with E-state index < -0.39 is 43.1 Å². The van der Waals surface area contributed by atoms with Crippen molar-refractivity contribution in [2.45, 2.75) is 132 Å². The highest BCUT2D eigenvalue weighted by Crippen LogP contribution is 2.55. The second-order valence-electron chi connectivity index (χ2n) is 22.2. The number of anilines is 4. The number of carbonyl (C=O) groups excluding carboxylic acids is 1. The van der Waals surface area contributed by atoms with Crippen LogP contribution in [0.3, 0.4) is 0 Å². The molecule has 5 aromatic rings. The van der Waals surface area contributed by atoms with Crippen molar-refractivity contribution < 1.29 is 37.5 Å². The Balaban J connectivity index is 0.824. The third kappa shape index (κ3) is 8.41. The number of carbonyl (C=O) groups is 1. The Morgan fingerprint density at radius 1 is 0.958 bits per heavy atom. The van der Waals surface area contributed by atoms with Gasteiger partial charge < -0.3 is 39.4 Å². The summed E-state index contributed by atoms with van der Waals surface area (Å²) in [6.07, 6.45) is 10.9. The van der Waals surface area contributed by atoms with Crippen LogP contribution in [-0.4, -0.2) is 109 Å². The number of nitro benzene ring substituents is 1. The van der Waals surface area contributed by atoms with Crippen molar-refractivity contribution in [3.05, 3.63) is 99.7 Å². The zero-order valence-corrected chi connectivity index (χ0v) is 42.0. The van der Waals surface area contributed by atoms with Crippen molar-refractivity contribution in [3.8, 4) is 11.6 Å². The van der Waals surface area contributed by atoms with E-state index in [4.69, 9.17) is 19.2 Å². The fourth-order valence-electron chi connectivity index (χ4n) is 13.2. The van der Waals surface area contributed by atoms with Crippen LogP contribution >= 0.6 is 0 Å². The number of rotatable bonds is 10. The van der Waals surface area contributed by atoms with E-state index in [1.165, 1.54) is 42.9 Å². The molecule has 0 radical (unpaired) electrons. The highest BCUT2D eigenvalue weighted by Gasteiger charge is 2.51. The smallest absolute Gasteiger partial charge is 0.297 e. The van der Waals surface area contributed by atoms with Crippen LogP contribution in [0.5, 0.6) is 11.6 Å². The Kier molecular flexibility index (Phi) is 11.7. The first-order valence-electron chi connectivity index (χ1n) is 25.9. The monoisotopic (exact) mass is 1000 g/mol. The molecule has 4 atom stereocenters. The van der Waals surface area contributed by atoms with Crippen LogP contribution in [0.4, 0.5) is 28.4 Å². The van der Waals surface area contributed by atoms with Gasteiger partial charge in [-0.05, 0) is 136 Å². The first-order chi connectivity index (χ1) is 34.6. The number of amides is 1. The number of aliphatic hydroxyl groups is 1. The molecule has 18 heteroatoms. The number of hydrogen-bond acceptors (Lipinski definition) is 14.